The maximum Gasteiger partial charge on any atom is 0.246 e. The summed E-state index contributed by atoms with van der Waals surface area (Å²) in [4.78, 5) is 12.1. The van der Waals surface area contributed by atoms with E-state index in [4.69, 9.17) is 11.6 Å². The van der Waals surface area contributed by atoms with E-state index in [0.717, 1.165) is 21.3 Å². The Morgan fingerprint density at radius 2 is 1.89 bits per heavy atom. The van der Waals surface area contributed by atoms with E-state index in [2.05, 4.69) is 21.2 Å². The largest absolute Gasteiger partial charge is 0.324 e. The lowest BCUT2D eigenvalue weighted by molar-refractivity contribution is -0.116. The lowest BCUT2D eigenvalue weighted by Crippen LogP contribution is -2.17. The van der Waals surface area contributed by atoms with Crippen LogP contribution in [0.5, 0.6) is 0 Å². The van der Waals surface area contributed by atoms with Crippen molar-refractivity contribution in [1.82, 2.24) is 0 Å². The summed E-state index contributed by atoms with van der Waals surface area (Å²) in [6.07, 6.45) is 0. The van der Waals surface area contributed by atoms with Crippen LogP contribution in [-0.2, 0) is 4.79 Å². The molecule has 4 heteroatoms. The number of hydrogen-bond donors (Lipinski definition) is 1. The first-order chi connectivity index (χ1) is 9.08. The summed E-state index contributed by atoms with van der Waals surface area (Å²) in [5, 5.41) is 2.15. The first-order valence-corrected chi connectivity index (χ1v) is 7.07. The Hall–Kier alpha value is -1.32. The van der Waals surface area contributed by atoms with E-state index in [1.54, 1.807) is 0 Å². The zero-order valence-corrected chi connectivity index (χ0v) is 12.7. The first-order valence-electron chi connectivity index (χ1n) is 5.84. The van der Waals surface area contributed by atoms with Crippen molar-refractivity contribution in [3.8, 4) is 0 Å². The molecule has 0 aromatic heterocycles. The lowest BCUT2D eigenvalue weighted by atomic mass is 10.1. The highest BCUT2D eigenvalue weighted by atomic mass is 79.9. The smallest absolute Gasteiger partial charge is 0.246 e. The van der Waals surface area contributed by atoms with Crippen LogP contribution in [0.2, 0.25) is 0 Å². The summed E-state index contributed by atoms with van der Waals surface area (Å²) in [6, 6.07) is 15.0. The number of halogens is 2. The van der Waals surface area contributed by atoms with Crippen molar-refractivity contribution in [1.29, 1.82) is 0 Å². The number of hydrogen-bond acceptors (Lipinski definition) is 1. The van der Waals surface area contributed by atoms with E-state index in [1.807, 2.05) is 55.5 Å². The fourth-order valence-corrected chi connectivity index (χ4v) is 2.41. The van der Waals surface area contributed by atoms with Crippen LogP contribution in [0, 0.1) is 6.92 Å². The molecule has 1 atom stereocenters. The van der Waals surface area contributed by atoms with Crippen molar-refractivity contribution in [3.05, 3.63) is 64.1 Å². The second-order valence-corrected chi connectivity index (χ2v) is 5.57. The Kier molecular flexibility index (Phi) is 4.61. The van der Waals surface area contributed by atoms with Crippen LogP contribution >= 0.6 is 27.5 Å². The predicted octanol–water partition coefficient (Wildman–Crippen LogP) is 4.68. The second-order valence-electron chi connectivity index (χ2n) is 4.22. The number of alkyl halides is 1. The second kappa shape index (κ2) is 6.22. The van der Waals surface area contributed by atoms with Gasteiger partial charge in [0.2, 0.25) is 5.91 Å². The van der Waals surface area contributed by atoms with E-state index in [1.165, 1.54) is 0 Å². The normalized spacial score (nSPS) is 11.9. The van der Waals surface area contributed by atoms with Crippen molar-refractivity contribution in [2.45, 2.75) is 12.3 Å². The average molecular weight is 339 g/mol. The van der Waals surface area contributed by atoms with Gasteiger partial charge in [0.05, 0.1) is 0 Å². The zero-order valence-electron chi connectivity index (χ0n) is 10.4. The molecule has 0 aliphatic rings. The van der Waals surface area contributed by atoms with Crippen LogP contribution < -0.4 is 5.32 Å². The van der Waals surface area contributed by atoms with E-state index in [-0.39, 0.29) is 5.91 Å². The molecule has 0 fully saturated rings. The van der Waals surface area contributed by atoms with Gasteiger partial charge < -0.3 is 5.32 Å². The van der Waals surface area contributed by atoms with Gasteiger partial charge in [-0.2, -0.15) is 0 Å². The molecule has 0 aliphatic heterocycles. The number of carbonyl (C=O) groups excluding carboxylic acids is 1. The molecule has 19 heavy (non-hydrogen) atoms. The van der Waals surface area contributed by atoms with Crippen LogP contribution in [0.25, 0.3) is 0 Å². The molecule has 0 aliphatic carbocycles. The molecule has 0 heterocycles. The molecule has 1 unspecified atom stereocenters. The van der Waals surface area contributed by atoms with E-state index in [9.17, 15) is 4.79 Å². The topological polar surface area (TPSA) is 29.1 Å². The van der Waals surface area contributed by atoms with Gasteiger partial charge in [0, 0.05) is 10.2 Å². The summed E-state index contributed by atoms with van der Waals surface area (Å²) in [5.74, 6) is -0.224. The molecule has 0 radical (unpaired) electrons. The van der Waals surface area contributed by atoms with Crippen molar-refractivity contribution in [3.63, 3.8) is 0 Å². The number of amides is 1. The van der Waals surface area contributed by atoms with Crippen LogP contribution in [0.15, 0.2) is 53.0 Å². The van der Waals surface area contributed by atoms with Crippen LogP contribution in [0.4, 0.5) is 5.69 Å². The predicted molar refractivity (Wildman–Crippen MR) is 82.5 cm³/mol. The SMILES string of the molecule is Cc1cc(Br)ccc1NC(=O)C(Cl)c1ccccc1. The molecule has 0 bridgehead atoms. The van der Waals surface area contributed by atoms with Gasteiger partial charge in [-0.25, -0.2) is 0 Å². The highest BCUT2D eigenvalue weighted by Gasteiger charge is 2.17. The molecule has 1 amide bonds. The third kappa shape index (κ3) is 3.58. The highest BCUT2D eigenvalue weighted by molar-refractivity contribution is 9.10. The molecule has 2 aromatic carbocycles. The minimum atomic E-state index is -0.691. The molecule has 2 aromatic rings. The van der Waals surface area contributed by atoms with Gasteiger partial charge in [-0.15, -0.1) is 11.6 Å². The van der Waals surface area contributed by atoms with Crippen LogP contribution in [0.3, 0.4) is 0 Å². The van der Waals surface area contributed by atoms with Crippen molar-refractivity contribution >= 4 is 39.1 Å². The van der Waals surface area contributed by atoms with Gasteiger partial charge in [0.15, 0.2) is 0 Å². The van der Waals surface area contributed by atoms with Gasteiger partial charge in [-0.05, 0) is 36.2 Å². The van der Waals surface area contributed by atoms with Gasteiger partial charge in [0.1, 0.15) is 5.38 Å². The van der Waals surface area contributed by atoms with E-state index < -0.39 is 5.38 Å². The number of anilines is 1. The Balaban J connectivity index is 2.13. The maximum atomic E-state index is 12.1. The van der Waals surface area contributed by atoms with E-state index in [0.29, 0.717) is 0 Å². The van der Waals surface area contributed by atoms with Gasteiger partial charge in [0.25, 0.3) is 0 Å². The summed E-state index contributed by atoms with van der Waals surface area (Å²) in [6.45, 7) is 1.94. The molecule has 0 saturated carbocycles. The monoisotopic (exact) mass is 337 g/mol. The Morgan fingerprint density at radius 3 is 2.53 bits per heavy atom. The van der Waals surface area contributed by atoms with Gasteiger partial charge in [-0.1, -0.05) is 46.3 Å². The number of carbonyl (C=O) groups is 1. The summed E-state index contributed by atoms with van der Waals surface area (Å²) < 4.78 is 0.980. The zero-order chi connectivity index (χ0) is 13.8. The standard InChI is InChI=1S/C15H13BrClNO/c1-10-9-12(16)7-8-13(10)18-15(19)14(17)11-5-3-2-4-6-11/h2-9,14H,1H3,(H,18,19). The minimum absolute atomic E-state index is 0.224. The summed E-state index contributed by atoms with van der Waals surface area (Å²) >= 11 is 9.56. The molecule has 1 N–H and O–H groups in total. The number of nitrogens with one attached hydrogen (secondary N) is 1. The summed E-state index contributed by atoms with van der Waals surface area (Å²) in [7, 11) is 0. The number of benzene rings is 2. The third-order valence-electron chi connectivity index (χ3n) is 2.77. The van der Waals surface area contributed by atoms with Crippen molar-refractivity contribution < 1.29 is 4.79 Å². The molecule has 2 nitrogen and oxygen atoms in total. The quantitative estimate of drug-likeness (QED) is 0.809. The molecule has 0 saturated heterocycles. The van der Waals surface area contributed by atoms with Crippen molar-refractivity contribution in [2.24, 2.45) is 0 Å². The third-order valence-corrected chi connectivity index (χ3v) is 3.71. The number of rotatable bonds is 3. The molecule has 0 spiro atoms. The minimum Gasteiger partial charge on any atom is -0.324 e. The van der Waals surface area contributed by atoms with E-state index >= 15 is 0 Å². The maximum absolute atomic E-state index is 12.1. The average Bonchev–Trinajstić information content (AvgIpc) is 2.42. The molecule has 2 rings (SSSR count). The first kappa shape index (κ1) is 14.1. The summed E-state index contributed by atoms with van der Waals surface area (Å²) in [5.41, 5.74) is 2.55. The van der Waals surface area contributed by atoms with Gasteiger partial charge in [-0.3, -0.25) is 4.79 Å². The molecular formula is C15H13BrClNO. The highest BCUT2D eigenvalue weighted by Crippen LogP contribution is 2.25. The lowest BCUT2D eigenvalue weighted by Gasteiger charge is -2.12. The Labute approximate surface area is 125 Å². The Morgan fingerprint density at radius 1 is 1.21 bits per heavy atom. The number of aryl methyl sites for hydroxylation is 1. The van der Waals surface area contributed by atoms with Crippen LogP contribution in [0.1, 0.15) is 16.5 Å². The molecular weight excluding hydrogens is 326 g/mol. The van der Waals surface area contributed by atoms with Gasteiger partial charge >= 0.3 is 0 Å². The fraction of sp³-hybridized carbons (Fsp3) is 0.133. The Bertz CT molecular complexity index is 586. The molecule has 98 valence electrons. The van der Waals surface area contributed by atoms with Crippen molar-refractivity contribution in [2.75, 3.05) is 5.32 Å². The fourth-order valence-electron chi connectivity index (χ4n) is 1.74. The van der Waals surface area contributed by atoms with Crippen LogP contribution in [-0.4, -0.2) is 5.91 Å².